The summed E-state index contributed by atoms with van der Waals surface area (Å²) in [5, 5.41) is 0. The highest BCUT2D eigenvalue weighted by atomic mass is 32.2. The van der Waals surface area contributed by atoms with Crippen LogP contribution in [0.4, 0.5) is 0 Å². The van der Waals surface area contributed by atoms with E-state index >= 15 is 0 Å². The van der Waals surface area contributed by atoms with Crippen molar-refractivity contribution in [1.82, 2.24) is 9.03 Å². The summed E-state index contributed by atoms with van der Waals surface area (Å²) in [6, 6.07) is -0.0297. The lowest BCUT2D eigenvalue weighted by molar-refractivity contribution is 0.252. The van der Waals surface area contributed by atoms with Crippen molar-refractivity contribution in [3.8, 4) is 0 Å². The molecule has 1 saturated carbocycles. The van der Waals surface area contributed by atoms with Crippen molar-refractivity contribution < 1.29 is 8.42 Å². The number of thioether (sulfide) groups is 1. The second-order valence-electron chi connectivity index (χ2n) is 5.56. The summed E-state index contributed by atoms with van der Waals surface area (Å²) < 4.78 is 29.3. The highest BCUT2D eigenvalue weighted by molar-refractivity contribution is 8.00. The van der Waals surface area contributed by atoms with Crippen molar-refractivity contribution in [2.75, 3.05) is 25.9 Å². The van der Waals surface area contributed by atoms with Gasteiger partial charge in [-0.15, -0.1) is 0 Å². The maximum absolute atomic E-state index is 12.4. The fraction of sp³-hybridized carbons (Fsp3) is 1.00. The number of nitrogens with one attached hydrogen (secondary N) is 1. The number of nitrogens with two attached hydrogens (primary N) is 1. The molecule has 112 valence electrons. The van der Waals surface area contributed by atoms with E-state index < -0.39 is 10.2 Å². The predicted molar refractivity (Wildman–Crippen MR) is 80.4 cm³/mol. The SMILES string of the molecule is CSC1(CNS(=O)(=O)N2CCCCC2CN)CCC1. The molecule has 0 bridgehead atoms. The molecule has 19 heavy (non-hydrogen) atoms. The lowest BCUT2D eigenvalue weighted by Gasteiger charge is -2.41. The van der Waals surface area contributed by atoms with E-state index in [-0.39, 0.29) is 10.8 Å². The van der Waals surface area contributed by atoms with Crippen LogP contribution in [0, 0.1) is 0 Å². The van der Waals surface area contributed by atoms with Crippen LogP contribution in [-0.2, 0) is 10.2 Å². The first-order valence-corrected chi connectivity index (χ1v) is 9.71. The Bertz CT molecular complexity index is 390. The Labute approximate surface area is 120 Å². The van der Waals surface area contributed by atoms with E-state index in [9.17, 15) is 8.42 Å². The molecule has 0 radical (unpaired) electrons. The largest absolute Gasteiger partial charge is 0.329 e. The molecule has 1 unspecified atom stereocenters. The predicted octanol–water partition coefficient (Wildman–Crippen LogP) is 0.920. The van der Waals surface area contributed by atoms with Crippen molar-refractivity contribution in [2.24, 2.45) is 5.73 Å². The fourth-order valence-corrected chi connectivity index (χ4v) is 5.44. The molecule has 1 aliphatic heterocycles. The smallest absolute Gasteiger partial charge is 0.279 e. The molecule has 1 aliphatic carbocycles. The van der Waals surface area contributed by atoms with Gasteiger partial charge in [0.05, 0.1) is 0 Å². The number of rotatable bonds is 6. The quantitative estimate of drug-likeness (QED) is 0.765. The van der Waals surface area contributed by atoms with Crippen LogP contribution in [0.2, 0.25) is 0 Å². The number of hydrogen-bond donors (Lipinski definition) is 2. The fourth-order valence-electron chi connectivity index (χ4n) is 2.86. The van der Waals surface area contributed by atoms with Gasteiger partial charge in [0.1, 0.15) is 0 Å². The topological polar surface area (TPSA) is 75.4 Å². The average Bonchev–Trinajstić information content (AvgIpc) is 2.38. The monoisotopic (exact) mass is 307 g/mol. The molecule has 0 amide bonds. The van der Waals surface area contributed by atoms with Crippen LogP contribution >= 0.6 is 11.8 Å². The van der Waals surface area contributed by atoms with Gasteiger partial charge >= 0.3 is 0 Å². The minimum absolute atomic E-state index is 0.0297. The zero-order valence-electron chi connectivity index (χ0n) is 11.6. The molecule has 1 saturated heterocycles. The molecule has 2 aliphatic rings. The molecular formula is C12H25N3O2S2. The van der Waals surface area contributed by atoms with Crippen molar-refractivity contribution in [3.63, 3.8) is 0 Å². The van der Waals surface area contributed by atoms with Crippen LogP contribution in [-0.4, -0.2) is 49.4 Å². The van der Waals surface area contributed by atoms with E-state index in [1.54, 1.807) is 16.1 Å². The lowest BCUT2D eigenvalue weighted by Crippen LogP contribution is -2.54. The van der Waals surface area contributed by atoms with Crippen LogP contribution in [0.5, 0.6) is 0 Å². The number of nitrogens with zero attached hydrogens (tertiary/aromatic N) is 1. The molecule has 0 aromatic heterocycles. The zero-order valence-corrected chi connectivity index (χ0v) is 13.2. The first-order chi connectivity index (χ1) is 9.03. The van der Waals surface area contributed by atoms with E-state index in [4.69, 9.17) is 5.73 Å². The molecule has 3 N–H and O–H groups in total. The third-order valence-corrected chi connectivity index (χ3v) is 7.45. The maximum Gasteiger partial charge on any atom is 0.279 e. The molecule has 0 aromatic rings. The Morgan fingerprint density at radius 3 is 2.63 bits per heavy atom. The summed E-state index contributed by atoms with van der Waals surface area (Å²) in [5.74, 6) is 0. The van der Waals surface area contributed by atoms with Crippen LogP contribution < -0.4 is 10.5 Å². The van der Waals surface area contributed by atoms with Gasteiger partial charge in [0.15, 0.2) is 0 Å². The Morgan fingerprint density at radius 2 is 2.11 bits per heavy atom. The molecule has 0 spiro atoms. The summed E-state index contributed by atoms with van der Waals surface area (Å²) in [7, 11) is -3.37. The van der Waals surface area contributed by atoms with Gasteiger partial charge in [-0.05, 0) is 31.9 Å². The van der Waals surface area contributed by atoms with Crippen LogP contribution in [0.3, 0.4) is 0 Å². The molecule has 7 heteroatoms. The minimum atomic E-state index is -3.37. The van der Waals surface area contributed by atoms with Crippen molar-refractivity contribution >= 4 is 22.0 Å². The minimum Gasteiger partial charge on any atom is -0.329 e. The molecule has 2 rings (SSSR count). The van der Waals surface area contributed by atoms with E-state index in [1.165, 1.54) is 6.42 Å². The number of piperidine rings is 1. The Kier molecular flexibility index (Phi) is 5.16. The van der Waals surface area contributed by atoms with Gasteiger partial charge < -0.3 is 5.73 Å². The first-order valence-electron chi connectivity index (χ1n) is 7.05. The van der Waals surface area contributed by atoms with Crippen LogP contribution in [0.25, 0.3) is 0 Å². The molecule has 1 heterocycles. The second kappa shape index (κ2) is 6.30. The molecular weight excluding hydrogens is 282 g/mol. The molecule has 0 aromatic carbocycles. The molecule has 1 atom stereocenters. The van der Waals surface area contributed by atoms with Gasteiger partial charge in [-0.25, -0.2) is 4.72 Å². The van der Waals surface area contributed by atoms with E-state index in [0.29, 0.717) is 19.6 Å². The molecule has 5 nitrogen and oxygen atoms in total. The van der Waals surface area contributed by atoms with Crippen molar-refractivity contribution in [1.29, 1.82) is 0 Å². The first kappa shape index (κ1) is 15.6. The Hall–Kier alpha value is 0.180. The van der Waals surface area contributed by atoms with E-state index in [0.717, 1.165) is 32.1 Å². The van der Waals surface area contributed by atoms with E-state index in [1.807, 2.05) is 0 Å². The van der Waals surface area contributed by atoms with Gasteiger partial charge in [-0.1, -0.05) is 12.8 Å². The van der Waals surface area contributed by atoms with Crippen molar-refractivity contribution in [2.45, 2.75) is 49.3 Å². The summed E-state index contributed by atoms with van der Waals surface area (Å²) in [6.07, 6.45) is 8.38. The highest BCUT2D eigenvalue weighted by Gasteiger charge is 2.39. The van der Waals surface area contributed by atoms with Crippen LogP contribution in [0.15, 0.2) is 0 Å². The summed E-state index contributed by atoms with van der Waals surface area (Å²) in [6.45, 7) is 1.56. The Morgan fingerprint density at radius 1 is 1.37 bits per heavy atom. The second-order valence-corrected chi connectivity index (χ2v) is 8.54. The van der Waals surface area contributed by atoms with Gasteiger partial charge in [0.2, 0.25) is 0 Å². The van der Waals surface area contributed by atoms with Crippen molar-refractivity contribution in [3.05, 3.63) is 0 Å². The van der Waals surface area contributed by atoms with Gasteiger partial charge in [0, 0.05) is 30.4 Å². The van der Waals surface area contributed by atoms with Crippen LogP contribution in [0.1, 0.15) is 38.5 Å². The van der Waals surface area contributed by atoms with Gasteiger partial charge in [-0.3, -0.25) is 0 Å². The van der Waals surface area contributed by atoms with Gasteiger partial charge in [0.25, 0.3) is 10.2 Å². The number of hydrogen-bond acceptors (Lipinski definition) is 4. The summed E-state index contributed by atoms with van der Waals surface area (Å²) in [4.78, 5) is 0. The Balaban J connectivity index is 1.97. The molecule has 2 fully saturated rings. The average molecular weight is 307 g/mol. The third-order valence-electron chi connectivity index (χ3n) is 4.43. The summed E-state index contributed by atoms with van der Waals surface area (Å²) in [5.41, 5.74) is 5.70. The third kappa shape index (κ3) is 3.44. The standard InChI is InChI=1S/C12H25N3O2S2/c1-18-12(6-4-7-12)10-14-19(16,17)15-8-3-2-5-11(15)9-13/h11,14H,2-10,13H2,1H3. The van der Waals surface area contributed by atoms with E-state index in [2.05, 4.69) is 11.0 Å². The lowest BCUT2D eigenvalue weighted by atomic mass is 9.84. The normalized spacial score (nSPS) is 28.0. The maximum atomic E-state index is 12.4. The zero-order chi connectivity index (χ0) is 13.9. The summed E-state index contributed by atoms with van der Waals surface area (Å²) >= 11 is 1.78. The highest BCUT2D eigenvalue weighted by Crippen LogP contribution is 2.42. The van der Waals surface area contributed by atoms with Gasteiger partial charge in [-0.2, -0.15) is 24.5 Å².